The number of hydrogen-bond acceptors (Lipinski definition) is 5. The highest BCUT2D eigenvalue weighted by Crippen LogP contribution is 2.44. The maximum atomic E-state index is 12.7. The van der Waals surface area contributed by atoms with Gasteiger partial charge in [0.25, 0.3) is 0 Å². The van der Waals surface area contributed by atoms with Crippen LogP contribution < -0.4 is 0 Å². The Hall–Kier alpha value is -1.19. The van der Waals surface area contributed by atoms with E-state index >= 15 is 0 Å². The van der Waals surface area contributed by atoms with Crippen LogP contribution in [0.5, 0.6) is 0 Å². The molecule has 3 rings (SSSR count). The molecule has 2 bridgehead atoms. The van der Waals surface area contributed by atoms with Crippen LogP contribution in [-0.4, -0.2) is 79.2 Å². The second kappa shape index (κ2) is 5.47. The summed E-state index contributed by atoms with van der Waals surface area (Å²) < 4.78 is 29.9. The molecule has 124 valence electrons. The number of piperazine rings is 1. The minimum absolute atomic E-state index is 0.215. The first kappa shape index (κ1) is 15.7. The Morgan fingerprint density at radius 1 is 1.05 bits per heavy atom. The van der Waals surface area contributed by atoms with E-state index in [1.165, 1.54) is 4.31 Å². The van der Waals surface area contributed by atoms with Gasteiger partial charge in [0.2, 0.25) is 15.9 Å². The molecule has 3 aliphatic rings. The van der Waals surface area contributed by atoms with E-state index in [1.807, 2.05) is 0 Å². The Labute approximate surface area is 129 Å². The molecule has 1 amide bonds. The third-order valence-corrected chi connectivity index (χ3v) is 6.17. The molecule has 3 aliphatic heterocycles. The van der Waals surface area contributed by atoms with Gasteiger partial charge in [0.05, 0.1) is 30.3 Å². The van der Waals surface area contributed by atoms with Gasteiger partial charge in [0.1, 0.15) is 0 Å². The summed E-state index contributed by atoms with van der Waals surface area (Å²) in [5, 5.41) is 9.36. The zero-order valence-electron chi connectivity index (χ0n) is 12.3. The number of nitrogens with zero attached hydrogens (tertiary/aromatic N) is 2. The van der Waals surface area contributed by atoms with Crippen LogP contribution in [0.3, 0.4) is 0 Å². The van der Waals surface area contributed by atoms with Crippen LogP contribution >= 0.6 is 0 Å². The fourth-order valence-corrected chi connectivity index (χ4v) is 4.58. The van der Waals surface area contributed by atoms with Gasteiger partial charge in [-0.1, -0.05) is 0 Å². The van der Waals surface area contributed by atoms with Gasteiger partial charge in [-0.15, -0.1) is 0 Å². The van der Waals surface area contributed by atoms with Crippen LogP contribution in [0.25, 0.3) is 0 Å². The van der Waals surface area contributed by atoms with Crippen LogP contribution in [-0.2, 0) is 24.3 Å². The van der Waals surface area contributed by atoms with Crippen molar-refractivity contribution in [2.24, 2.45) is 11.8 Å². The molecular formula is C13H20N2O6S. The van der Waals surface area contributed by atoms with Gasteiger partial charge in [-0.05, 0) is 12.8 Å². The molecule has 0 unspecified atom stereocenters. The summed E-state index contributed by atoms with van der Waals surface area (Å²) in [5.41, 5.74) is 0. The molecule has 22 heavy (non-hydrogen) atoms. The SMILES string of the molecule is CS(=O)(=O)N1CCN(C(=O)[C@@H]2[C@@H](C(=O)O)[C@@H]3CC[C@@H]2O3)CC1. The average molecular weight is 332 g/mol. The number of aliphatic carboxylic acids is 1. The van der Waals surface area contributed by atoms with E-state index in [2.05, 4.69) is 0 Å². The predicted molar refractivity (Wildman–Crippen MR) is 75.5 cm³/mol. The van der Waals surface area contributed by atoms with Crippen LogP contribution in [0.2, 0.25) is 0 Å². The zero-order chi connectivity index (χ0) is 16.1. The first-order valence-corrected chi connectivity index (χ1v) is 9.26. The van der Waals surface area contributed by atoms with Gasteiger partial charge in [-0.2, -0.15) is 4.31 Å². The summed E-state index contributed by atoms with van der Waals surface area (Å²) in [6, 6.07) is 0. The maximum Gasteiger partial charge on any atom is 0.310 e. The third-order valence-electron chi connectivity index (χ3n) is 4.86. The number of amides is 1. The lowest BCUT2D eigenvalue weighted by Gasteiger charge is -2.36. The zero-order valence-corrected chi connectivity index (χ0v) is 13.2. The van der Waals surface area contributed by atoms with Crippen molar-refractivity contribution in [1.29, 1.82) is 0 Å². The number of sulfonamides is 1. The Morgan fingerprint density at radius 2 is 1.59 bits per heavy atom. The molecule has 0 aromatic rings. The molecule has 3 saturated heterocycles. The van der Waals surface area contributed by atoms with Crippen molar-refractivity contribution >= 4 is 21.9 Å². The molecule has 0 radical (unpaired) electrons. The van der Waals surface area contributed by atoms with E-state index in [1.54, 1.807) is 4.90 Å². The summed E-state index contributed by atoms with van der Waals surface area (Å²) in [4.78, 5) is 25.7. The first-order valence-electron chi connectivity index (χ1n) is 7.41. The quantitative estimate of drug-likeness (QED) is 0.708. The molecule has 0 saturated carbocycles. The fraction of sp³-hybridized carbons (Fsp3) is 0.846. The molecule has 0 aromatic heterocycles. The smallest absolute Gasteiger partial charge is 0.310 e. The van der Waals surface area contributed by atoms with Crippen molar-refractivity contribution < 1.29 is 27.9 Å². The molecular weight excluding hydrogens is 312 g/mol. The largest absolute Gasteiger partial charge is 0.481 e. The second-order valence-corrected chi connectivity index (χ2v) is 8.15. The molecule has 0 spiro atoms. The first-order chi connectivity index (χ1) is 10.3. The minimum Gasteiger partial charge on any atom is -0.481 e. The number of rotatable bonds is 3. The Morgan fingerprint density at radius 3 is 2.09 bits per heavy atom. The Kier molecular flexibility index (Phi) is 3.90. The normalized spacial score (nSPS) is 35.8. The summed E-state index contributed by atoms with van der Waals surface area (Å²) in [6.07, 6.45) is 1.87. The third kappa shape index (κ3) is 2.61. The summed E-state index contributed by atoms with van der Waals surface area (Å²) >= 11 is 0. The van der Waals surface area contributed by atoms with Crippen LogP contribution in [0, 0.1) is 11.8 Å². The van der Waals surface area contributed by atoms with Gasteiger partial charge < -0.3 is 14.7 Å². The van der Waals surface area contributed by atoms with Gasteiger partial charge >= 0.3 is 5.97 Å². The summed E-state index contributed by atoms with van der Waals surface area (Å²) in [6.45, 7) is 1.10. The minimum atomic E-state index is -3.25. The second-order valence-electron chi connectivity index (χ2n) is 6.17. The molecule has 0 aliphatic carbocycles. The number of hydrogen-bond donors (Lipinski definition) is 1. The van der Waals surface area contributed by atoms with E-state index in [0.717, 1.165) is 6.26 Å². The lowest BCUT2D eigenvalue weighted by Crippen LogP contribution is -2.54. The molecule has 3 fully saturated rings. The molecule has 9 heteroatoms. The van der Waals surface area contributed by atoms with Gasteiger partial charge in [0, 0.05) is 26.2 Å². The standard InChI is InChI=1S/C13H20N2O6S/c1-22(19,20)15-6-4-14(5-7-15)12(16)10-8-2-3-9(21-8)11(10)13(17)18/h8-11H,2-7H2,1H3,(H,17,18)/t8-,9-,10-,11-/m0/s1. The van der Waals surface area contributed by atoms with Gasteiger partial charge in [0.15, 0.2) is 0 Å². The number of carbonyl (C=O) groups excluding carboxylic acids is 1. The van der Waals surface area contributed by atoms with Crippen molar-refractivity contribution in [3.8, 4) is 0 Å². The van der Waals surface area contributed by atoms with Gasteiger partial charge in [-0.3, -0.25) is 9.59 Å². The number of fused-ring (bicyclic) bond motifs is 2. The number of carboxylic acids is 1. The maximum absolute atomic E-state index is 12.7. The molecule has 8 nitrogen and oxygen atoms in total. The highest BCUT2D eigenvalue weighted by atomic mass is 32.2. The predicted octanol–water partition coefficient (Wildman–Crippen LogP) is -1.03. The van der Waals surface area contributed by atoms with Crippen molar-refractivity contribution in [2.45, 2.75) is 25.0 Å². The average Bonchev–Trinajstić information content (AvgIpc) is 3.06. The Balaban J connectivity index is 1.69. The van der Waals surface area contributed by atoms with Crippen LogP contribution in [0.15, 0.2) is 0 Å². The van der Waals surface area contributed by atoms with Crippen LogP contribution in [0.4, 0.5) is 0 Å². The van der Waals surface area contributed by atoms with E-state index in [-0.39, 0.29) is 31.2 Å². The lowest BCUT2D eigenvalue weighted by atomic mass is 9.78. The van der Waals surface area contributed by atoms with Crippen molar-refractivity contribution in [3.05, 3.63) is 0 Å². The highest BCUT2D eigenvalue weighted by molar-refractivity contribution is 7.88. The monoisotopic (exact) mass is 332 g/mol. The van der Waals surface area contributed by atoms with Crippen molar-refractivity contribution in [1.82, 2.24) is 9.21 Å². The van der Waals surface area contributed by atoms with E-state index in [4.69, 9.17) is 4.74 Å². The van der Waals surface area contributed by atoms with E-state index in [0.29, 0.717) is 25.9 Å². The molecule has 0 aromatic carbocycles. The Bertz CT molecular complexity index is 583. The van der Waals surface area contributed by atoms with Crippen molar-refractivity contribution in [2.75, 3.05) is 32.4 Å². The van der Waals surface area contributed by atoms with E-state index < -0.39 is 27.8 Å². The van der Waals surface area contributed by atoms with E-state index in [9.17, 15) is 23.1 Å². The topological polar surface area (TPSA) is 104 Å². The molecule has 4 atom stereocenters. The lowest BCUT2D eigenvalue weighted by molar-refractivity contribution is -0.151. The number of ether oxygens (including phenoxy) is 1. The number of carbonyl (C=O) groups is 2. The fourth-order valence-electron chi connectivity index (χ4n) is 3.76. The highest BCUT2D eigenvalue weighted by Gasteiger charge is 2.56. The summed E-state index contributed by atoms with van der Waals surface area (Å²) in [5.74, 6) is -2.62. The van der Waals surface area contributed by atoms with Gasteiger partial charge in [-0.25, -0.2) is 8.42 Å². The number of carboxylic acid groups (broad SMARTS) is 1. The molecule has 1 N–H and O–H groups in total. The van der Waals surface area contributed by atoms with Crippen molar-refractivity contribution in [3.63, 3.8) is 0 Å². The van der Waals surface area contributed by atoms with Crippen LogP contribution in [0.1, 0.15) is 12.8 Å². The summed E-state index contributed by atoms with van der Waals surface area (Å²) in [7, 11) is -3.25. The molecule has 3 heterocycles.